The lowest BCUT2D eigenvalue weighted by atomic mass is 10.0. The van der Waals surface area contributed by atoms with Crippen LogP contribution in [-0.4, -0.2) is 26.4 Å². The monoisotopic (exact) mass is 395 g/mol. The number of methoxy groups -OCH3 is 1. The van der Waals surface area contributed by atoms with Gasteiger partial charge in [0.05, 0.1) is 17.3 Å². The number of nitrogens with zero attached hydrogens (tertiary/aromatic N) is 1. The van der Waals surface area contributed by atoms with Crippen LogP contribution < -0.4 is 4.74 Å². The Bertz CT molecular complexity index is 806. The van der Waals surface area contributed by atoms with Gasteiger partial charge in [0, 0.05) is 13.1 Å². The van der Waals surface area contributed by atoms with Gasteiger partial charge in [0.25, 0.3) is 0 Å². The zero-order valence-corrected chi connectivity index (χ0v) is 15.2. The summed E-state index contributed by atoms with van der Waals surface area (Å²) in [6, 6.07) is 13.2. The minimum absolute atomic E-state index is 0.0385. The van der Waals surface area contributed by atoms with Crippen molar-refractivity contribution in [3.8, 4) is 5.75 Å². The molecule has 0 fully saturated rings. The Morgan fingerprint density at radius 3 is 2.61 bits per heavy atom. The average Bonchev–Trinajstić information content (AvgIpc) is 2.54. The van der Waals surface area contributed by atoms with Gasteiger partial charge in [-0.1, -0.05) is 30.3 Å². The van der Waals surface area contributed by atoms with Crippen LogP contribution in [0.15, 0.2) is 46.9 Å². The molecule has 6 heteroatoms. The Morgan fingerprint density at radius 2 is 1.91 bits per heavy atom. The molecule has 0 N–H and O–H groups in total. The van der Waals surface area contributed by atoms with Gasteiger partial charge < -0.3 is 4.74 Å². The second-order valence-electron chi connectivity index (χ2n) is 5.58. The Morgan fingerprint density at radius 1 is 1.17 bits per heavy atom. The van der Waals surface area contributed by atoms with Gasteiger partial charge >= 0.3 is 0 Å². The number of halogens is 1. The molecule has 23 heavy (non-hydrogen) atoms. The first-order chi connectivity index (χ1) is 11.0. The first-order valence-corrected chi connectivity index (χ1v) is 9.77. The van der Waals surface area contributed by atoms with Gasteiger partial charge in [0.15, 0.2) is 0 Å². The van der Waals surface area contributed by atoms with E-state index in [1.54, 1.807) is 11.4 Å². The number of fused-ring (bicyclic) bond motifs is 1. The molecule has 1 aliphatic heterocycles. The van der Waals surface area contributed by atoms with Gasteiger partial charge in [-0.05, 0) is 51.2 Å². The van der Waals surface area contributed by atoms with Crippen LogP contribution in [0.1, 0.15) is 16.7 Å². The molecule has 0 spiro atoms. The molecule has 0 radical (unpaired) electrons. The van der Waals surface area contributed by atoms with Crippen LogP contribution in [0.3, 0.4) is 0 Å². The van der Waals surface area contributed by atoms with Gasteiger partial charge in [-0.15, -0.1) is 0 Å². The Hall–Kier alpha value is -1.37. The molecule has 0 amide bonds. The first-order valence-electron chi connectivity index (χ1n) is 7.36. The molecular formula is C17H18BrNO3S. The highest BCUT2D eigenvalue weighted by atomic mass is 79.9. The van der Waals surface area contributed by atoms with Gasteiger partial charge in [-0.25, -0.2) is 8.42 Å². The van der Waals surface area contributed by atoms with Crippen LogP contribution >= 0.6 is 15.9 Å². The molecule has 0 aromatic heterocycles. The Kier molecular flexibility index (Phi) is 4.75. The minimum atomic E-state index is -3.33. The summed E-state index contributed by atoms with van der Waals surface area (Å²) in [6.07, 6.45) is 0.714. The molecule has 1 heterocycles. The third-order valence-corrected chi connectivity index (χ3v) is 6.45. The molecule has 1 aliphatic rings. The Labute approximate surface area is 145 Å². The second kappa shape index (κ2) is 6.63. The standard InChI is InChI=1S/C17H18BrNO3S/c1-22-17-10-15-11-19(8-7-14(15)9-16(17)18)23(20,21)12-13-5-3-2-4-6-13/h2-6,9-10H,7-8,11-12H2,1H3. The van der Waals surface area contributed by atoms with E-state index in [1.165, 1.54) is 5.56 Å². The molecule has 0 atom stereocenters. The smallest absolute Gasteiger partial charge is 0.218 e. The summed E-state index contributed by atoms with van der Waals surface area (Å²) >= 11 is 3.48. The molecule has 0 saturated carbocycles. The fourth-order valence-corrected chi connectivity index (χ4v) is 4.85. The highest BCUT2D eigenvalue weighted by molar-refractivity contribution is 9.10. The topological polar surface area (TPSA) is 46.6 Å². The highest BCUT2D eigenvalue weighted by Crippen LogP contribution is 2.32. The molecule has 2 aromatic rings. The fraction of sp³-hybridized carbons (Fsp3) is 0.294. The summed E-state index contributed by atoms with van der Waals surface area (Å²) in [5, 5.41) is 0. The number of rotatable bonds is 4. The number of hydrogen-bond donors (Lipinski definition) is 0. The van der Waals surface area contributed by atoms with Crippen molar-refractivity contribution >= 4 is 26.0 Å². The number of benzene rings is 2. The predicted octanol–water partition coefficient (Wildman–Crippen LogP) is 3.35. The van der Waals surface area contributed by atoms with E-state index in [0.29, 0.717) is 19.5 Å². The Balaban J connectivity index is 1.83. The van der Waals surface area contributed by atoms with Gasteiger partial charge in [-0.2, -0.15) is 4.31 Å². The van der Waals surface area contributed by atoms with Crippen LogP contribution in [0.2, 0.25) is 0 Å². The lowest BCUT2D eigenvalue weighted by Crippen LogP contribution is -2.36. The van der Waals surface area contributed by atoms with E-state index in [0.717, 1.165) is 21.3 Å². The van der Waals surface area contributed by atoms with Crippen LogP contribution in [0, 0.1) is 0 Å². The van der Waals surface area contributed by atoms with Crippen molar-refractivity contribution in [1.29, 1.82) is 0 Å². The molecule has 0 saturated heterocycles. The van der Waals surface area contributed by atoms with E-state index in [-0.39, 0.29) is 5.75 Å². The molecule has 122 valence electrons. The number of hydrogen-bond acceptors (Lipinski definition) is 3. The summed E-state index contributed by atoms with van der Waals surface area (Å²) in [4.78, 5) is 0. The van der Waals surface area contributed by atoms with E-state index in [1.807, 2.05) is 42.5 Å². The van der Waals surface area contributed by atoms with Gasteiger partial charge in [0.1, 0.15) is 5.75 Å². The largest absolute Gasteiger partial charge is 0.496 e. The SMILES string of the molecule is COc1cc2c(cc1Br)CCN(S(=O)(=O)Cc1ccccc1)C2. The van der Waals surface area contributed by atoms with E-state index < -0.39 is 10.0 Å². The zero-order chi connectivity index (χ0) is 16.4. The van der Waals surface area contributed by atoms with Crippen molar-refractivity contribution in [2.75, 3.05) is 13.7 Å². The van der Waals surface area contributed by atoms with Crippen LogP contribution in [0.4, 0.5) is 0 Å². The van der Waals surface area contributed by atoms with E-state index in [4.69, 9.17) is 4.74 Å². The third-order valence-electron chi connectivity index (χ3n) is 4.04. The van der Waals surface area contributed by atoms with Crippen LogP contribution in [-0.2, 0) is 28.7 Å². The highest BCUT2D eigenvalue weighted by Gasteiger charge is 2.27. The molecule has 4 nitrogen and oxygen atoms in total. The fourth-order valence-electron chi connectivity index (χ4n) is 2.80. The predicted molar refractivity (Wildman–Crippen MR) is 93.9 cm³/mol. The van der Waals surface area contributed by atoms with Crippen molar-refractivity contribution in [1.82, 2.24) is 4.31 Å². The summed E-state index contributed by atoms with van der Waals surface area (Å²) in [5.74, 6) is 0.766. The van der Waals surface area contributed by atoms with Gasteiger partial charge in [0.2, 0.25) is 10.0 Å². The second-order valence-corrected chi connectivity index (χ2v) is 8.40. The summed E-state index contributed by atoms with van der Waals surface area (Å²) in [6.45, 7) is 0.912. The lowest BCUT2D eigenvalue weighted by Gasteiger charge is -2.28. The number of ether oxygens (including phenoxy) is 1. The zero-order valence-electron chi connectivity index (χ0n) is 12.8. The van der Waals surface area contributed by atoms with E-state index >= 15 is 0 Å². The maximum absolute atomic E-state index is 12.7. The van der Waals surface area contributed by atoms with Crippen molar-refractivity contribution in [2.45, 2.75) is 18.7 Å². The lowest BCUT2D eigenvalue weighted by molar-refractivity contribution is 0.383. The minimum Gasteiger partial charge on any atom is -0.496 e. The van der Waals surface area contributed by atoms with E-state index in [9.17, 15) is 8.42 Å². The van der Waals surface area contributed by atoms with Crippen molar-refractivity contribution in [3.05, 3.63) is 63.6 Å². The van der Waals surface area contributed by atoms with E-state index in [2.05, 4.69) is 15.9 Å². The first kappa shape index (κ1) is 16.5. The van der Waals surface area contributed by atoms with Crippen molar-refractivity contribution < 1.29 is 13.2 Å². The number of sulfonamides is 1. The molecule has 3 rings (SSSR count). The molecule has 0 aliphatic carbocycles. The molecule has 2 aromatic carbocycles. The summed E-state index contributed by atoms with van der Waals surface area (Å²) < 4.78 is 33.1. The summed E-state index contributed by atoms with van der Waals surface area (Å²) in [5.41, 5.74) is 2.99. The van der Waals surface area contributed by atoms with Crippen LogP contribution in [0.5, 0.6) is 5.75 Å². The molecule has 0 unspecified atom stereocenters. The van der Waals surface area contributed by atoms with Gasteiger partial charge in [-0.3, -0.25) is 0 Å². The van der Waals surface area contributed by atoms with Crippen molar-refractivity contribution in [3.63, 3.8) is 0 Å². The third kappa shape index (κ3) is 3.59. The molecular weight excluding hydrogens is 378 g/mol. The summed E-state index contributed by atoms with van der Waals surface area (Å²) in [7, 11) is -1.72. The average molecular weight is 396 g/mol. The quantitative estimate of drug-likeness (QED) is 0.797. The van der Waals surface area contributed by atoms with Crippen molar-refractivity contribution in [2.24, 2.45) is 0 Å². The molecule has 0 bridgehead atoms. The van der Waals surface area contributed by atoms with Crippen LogP contribution in [0.25, 0.3) is 0 Å². The maximum Gasteiger partial charge on any atom is 0.218 e. The maximum atomic E-state index is 12.7. The normalized spacial score (nSPS) is 15.2.